The largest absolute Gasteiger partial charge is 0.493 e. The van der Waals surface area contributed by atoms with Gasteiger partial charge in [0.15, 0.2) is 23.9 Å². The molecule has 1 aromatic carbocycles. The highest BCUT2D eigenvalue weighted by Gasteiger charge is 2.41. The van der Waals surface area contributed by atoms with E-state index in [1.807, 2.05) is 0 Å². The summed E-state index contributed by atoms with van der Waals surface area (Å²) in [5.74, 6) is 0.309. The van der Waals surface area contributed by atoms with Crippen LogP contribution in [0.15, 0.2) is 18.2 Å². The molecule has 6 heteroatoms. The Bertz CT molecular complexity index is 694. The van der Waals surface area contributed by atoms with Crippen LogP contribution in [0, 0.1) is 17.8 Å². The molecule has 6 nitrogen and oxygen atoms in total. The van der Waals surface area contributed by atoms with Crippen molar-refractivity contribution in [1.29, 1.82) is 0 Å². The molecule has 0 amide bonds. The van der Waals surface area contributed by atoms with E-state index >= 15 is 0 Å². The van der Waals surface area contributed by atoms with Gasteiger partial charge in [0.05, 0.1) is 20.1 Å². The first-order valence-corrected chi connectivity index (χ1v) is 8.99. The van der Waals surface area contributed by atoms with Gasteiger partial charge in [0, 0.05) is 17.4 Å². The van der Waals surface area contributed by atoms with Crippen LogP contribution < -0.4 is 9.47 Å². The first-order valence-electron chi connectivity index (χ1n) is 8.99. The molecule has 0 saturated heterocycles. The molecule has 0 aliphatic heterocycles. The lowest BCUT2D eigenvalue weighted by molar-refractivity contribution is -0.152. The van der Waals surface area contributed by atoms with Gasteiger partial charge in [-0.05, 0) is 43.9 Å². The quantitative estimate of drug-likeness (QED) is 0.573. The van der Waals surface area contributed by atoms with Crippen molar-refractivity contribution in [3.8, 4) is 11.5 Å². The summed E-state index contributed by atoms with van der Waals surface area (Å²) < 4.78 is 15.6. The lowest BCUT2D eigenvalue weighted by atomic mass is 9.67. The summed E-state index contributed by atoms with van der Waals surface area (Å²) in [6, 6.07) is 4.82. The number of hydrogen-bond donors (Lipinski definition) is 0. The molecule has 2 aliphatic carbocycles. The van der Waals surface area contributed by atoms with Crippen LogP contribution in [0.25, 0.3) is 0 Å². The fraction of sp³-hybridized carbons (Fsp3) is 0.550. The molecule has 0 spiro atoms. The lowest BCUT2D eigenvalue weighted by Crippen LogP contribution is -2.39. The van der Waals surface area contributed by atoms with Gasteiger partial charge >= 0.3 is 5.97 Å². The van der Waals surface area contributed by atoms with E-state index < -0.39 is 0 Å². The highest BCUT2D eigenvalue weighted by atomic mass is 16.5. The first kappa shape index (κ1) is 18.4. The number of fused-ring (bicyclic) bond motifs is 2. The predicted octanol–water partition coefficient (Wildman–Crippen LogP) is 2.83. The van der Waals surface area contributed by atoms with E-state index in [9.17, 15) is 14.4 Å². The van der Waals surface area contributed by atoms with E-state index in [1.54, 1.807) is 18.2 Å². The van der Waals surface area contributed by atoms with Crippen LogP contribution >= 0.6 is 0 Å². The number of ketones is 2. The Hall–Kier alpha value is -2.37. The summed E-state index contributed by atoms with van der Waals surface area (Å²) >= 11 is 0. The number of carbonyl (C=O) groups excluding carboxylic acids is 3. The van der Waals surface area contributed by atoms with E-state index in [0.29, 0.717) is 35.7 Å². The minimum absolute atomic E-state index is 0.0124. The second-order valence-electron chi connectivity index (χ2n) is 7.00. The van der Waals surface area contributed by atoms with E-state index in [2.05, 4.69) is 0 Å². The molecule has 0 radical (unpaired) electrons. The molecule has 3 rings (SSSR count). The van der Waals surface area contributed by atoms with Gasteiger partial charge in [-0.1, -0.05) is 6.42 Å². The summed E-state index contributed by atoms with van der Waals surface area (Å²) in [4.78, 5) is 36.8. The van der Waals surface area contributed by atoms with Crippen LogP contribution in [0.1, 0.15) is 42.5 Å². The first-order chi connectivity index (χ1) is 12.5. The van der Waals surface area contributed by atoms with Crippen LogP contribution in [0.2, 0.25) is 0 Å². The molecule has 2 atom stereocenters. The third-order valence-corrected chi connectivity index (χ3v) is 5.43. The van der Waals surface area contributed by atoms with Crippen molar-refractivity contribution in [3.63, 3.8) is 0 Å². The van der Waals surface area contributed by atoms with Crippen molar-refractivity contribution >= 4 is 17.5 Å². The summed E-state index contributed by atoms with van der Waals surface area (Å²) in [5, 5.41) is 0. The molecule has 0 unspecified atom stereocenters. The number of carbonyl (C=O) groups is 3. The highest BCUT2D eigenvalue weighted by Crippen LogP contribution is 2.40. The standard InChI is InChI=1S/C20H24O6/c1-24-17-7-6-12(10-18(17)25-2)16(21)11-26-20(23)15-8-13-4-3-5-14(9-15)19(13)22/h6-7,10,13-15H,3-5,8-9,11H2,1-2H3/t13-,14-/m1/s1. The zero-order valence-electron chi connectivity index (χ0n) is 15.2. The zero-order valence-corrected chi connectivity index (χ0v) is 15.2. The molecular weight excluding hydrogens is 336 g/mol. The van der Waals surface area contributed by atoms with Crippen LogP contribution in [0.5, 0.6) is 11.5 Å². The Balaban J connectivity index is 1.58. The highest BCUT2D eigenvalue weighted by molar-refractivity contribution is 5.98. The average Bonchev–Trinajstić information content (AvgIpc) is 2.64. The van der Waals surface area contributed by atoms with E-state index in [1.165, 1.54) is 14.2 Å². The number of esters is 1. The Morgan fingerprint density at radius 3 is 2.31 bits per heavy atom. The minimum Gasteiger partial charge on any atom is -0.493 e. The van der Waals surface area contributed by atoms with Crippen LogP contribution in [0.3, 0.4) is 0 Å². The molecule has 0 N–H and O–H groups in total. The third kappa shape index (κ3) is 3.74. The summed E-state index contributed by atoms with van der Waals surface area (Å²) in [6.07, 6.45) is 3.89. The maximum atomic E-state index is 12.4. The van der Waals surface area contributed by atoms with Gasteiger partial charge in [-0.3, -0.25) is 14.4 Å². The second-order valence-corrected chi connectivity index (χ2v) is 7.00. The third-order valence-electron chi connectivity index (χ3n) is 5.43. The Morgan fingerprint density at radius 1 is 1.04 bits per heavy atom. The number of ether oxygens (including phenoxy) is 3. The molecular formula is C20H24O6. The van der Waals surface area contributed by atoms with Crippen molar-refractivity contribution in [2.45, 2.75) is 32.1 Å². The van der Waals surface area contributed by atoms with Crippen molar-refractivity contribution in [1.82, 2.24) is 0 Å². The fourth-order valence-electron chi connectivity index (χ4n) is 4.02. The number of methoxy groups -OCH3 is 2. The van der Waals surface area contributed by atoms with Gasteiger partial charge in [0.1, 0.15) is 5.78 Å². The molecule has 140 valence electrons. The van der Waals surface area contributed by atoms with E-state index in [0.717, 1.165) is 19.3 Å². The predicted molar refractivity (Wildman–Crippen MR) is 93.4 cm³/mol. The van der Waals surface area contributed by atoms with Gasteiger partial charge < -0.3 is 14.2 Å². The summed E-state index contributed by atoms with van der Waals surface area (Å²) in [6.45, 7) is -0.311. The second kappa shape index (κ2) is 7.89. The Morgan fingerprint density at radius 2 is 1.69 bits per heavy atom. The average molecular weight is 360 g/mol. The van der Waals surface area contributed by atoms with Crippen molar-refractivity contribution in [2.75, 3.05) is 20.8 Å². The molecule has 2 bridgehead atoms. The topological polar surface area (TPSA) is 78.9 Å². The Kier molecular flexibility index (Phi) is 5.59. The molecule has 2 fully saturated rings. The maximum absolute atomic E-state index is 12.4. The van der Waals surface area contributed by atoms with Gasteiger partial charge in [-0.2, -0.15) is 0 Å². The smallest absolute Gasteiger partial charge is 0.309 e. The Labute approximate surface area is 152 Å². The fourth-order valence-corrected chi connectivity index (χ4v) is 4.02. The molecule has 1 aromatic rings. The van der Waals surface area contributed by atoms with Crippen LogP contribution in [-0.4, -0.2) is 38.4 Å². The van der Waals surface area contributed by atoms with Crippen molar-refractivity contribution in [3.05, 3.63) is 23.8 Å². The number of benzene rings is 1. The number of hydrogen-bond acceptors (Lipinski definition) is 6. The molecule has 26 heavy (non-hydrogen) atoms. The normalized spacial score (nSPS) is 24.7. The van der Waals surface area contributed by atoms with Gasteiger partial charge in [-0.25, -0.2) is 0 Å². The molecule has 0 aromatic heterocycles. The van der Waals surface area contributed by atoms with Gasteiger partial charge in [-0.15, -0.1) is 0 Å². The van der Waals surface area contributed by atoms with E-state index in [4.69, 9.17) is 14.2 Å². The minimum atomic E-state index is -0.372. The molecule has 2 saturated carbocycles. The summed E-state index contributed by atoms with van der Waals surface area (Å²) in [5.41, 5.74) is 0.395. The number of Topliss-reactive ketones (excluding diaryl/α,β-unsaturated/α-hetero) is 2. The van der Waals surface area contributed by atoms with Gasteiger partial charge in [0.2, 0.25) is 0 Å². The number of rotatable bonds is 6. The van der Waals surface area contributed by atoms with Crippen LogP contribution in [-0.2, 0) is 14.3 Å². The van der Waals surface area contributed by atoms with Gasteiger partial charge in [0.25, 0.3) is 0 Å². The summed E-state index contributed by atoms with van der Waals surface area (Å²) in [7, 11) is 3.01. The van der Waals surface area contributed by atoms with E-state index in [-0.39, 0.29) is 36.1 Å². The SMILES string of the molecule is COc1ccc(C(=O)COC(=O)C2C[C@H]3CCC[C@H](C2)C3=O)cc1OC. The molecule has 0 heterocycles. The maximum Gasteiger partial charge on any atom is 0.309 e. The van der Waals surface area contributed by atoms with Crippen molar-refractivity contribution in [2.24, 2.45) is 17.8 Å². The zero-order chi connectivity index (χ0) is 18.7. The monoisotopic (exact) mass is 360 g/mol. The molecule has 2 aliphatic rings. The van der Waals surface area contributed by atoms with Crippen LogP contribution in [0.4, 0.5) is 0 Å². The lowest BCUT2D eigenvalue weighted by Gasteiger charge is -2.36. The van der Waals surface area contributed by atoms with Crippen molar-refractivity contribution < 1.29 is 28.6 Å².